The summed E-state index contributed by atoms with van der Waals surface area (Å²) in [6.07, 6.45) is 1.58. The number of ether oxygens (including phenoxy) is 3. The second-order valence-corrected chi connectivity index (χ2v) is 7.71. The molecule has 1 aromatic heterocycles. The fourth-order valence-electron chi connectivity index (χ4n) is 3.23. The molecular formula is C25H20F2N4O4S. The van der Waals surface area contributed by atoms with E-state index in [-0.39, 0.29) is 17.1 Å². The topological polar surface area (TPSA) is 90.7 Å². The molecule has 0 aliphatic rings. The molecule has 3 aromatic carbocycles. The van der Waals surface area contributed by atoms with E-state index in [2.05, 4.69) is 20.0 Å². The number of aromatic amines is 1. The summed E-state index contributed by atoms with van der Waals surface area (Å²) in [5.41, 5.74) is 2.62. The number of hydrogen-bond acceptors (Lipinski definition) is 7. The lowest BCUT2D eigenvalue weighted by Gasteiger charge is -2.09. The van der Waals surface area contributed by atoms with Gasteiger partial charge in [0, 0.05) is 11.1 Å². The van der Waals surface area contributed by atoms with Gasteiger partial charge in [0.2, 0.25) is 4.77 Å². The van der Waals surface area contributed by atoms with E-state index in [0.29, 0.717) is 28.3 Å². The number of esters is 1. The van der Waals surface area contributed by atoms with Crippen LogP contribution in [-0.4, -0.2) is 40.8 Å². The minimum Gasteiger partial charge on any atom is -0.488 e. The van der Waals surface area contributed by atoms with Crippen LogP contribution < -0.4 is 9.47 Å². The highest BCUT2D eigenvalue weighted by molar-refractivity contribution is 7.71. The molecule has 0 fully saturated rings. The maximum absolute atomic E-state index is 12.4. The lowest BCUT2D eigenvalue weighted by Crippen LogP contribution is -2.03. The molecule has 4 aromatic rings. The Morgan fingerprint density at radius 1 is 1.11 bits per heavy atom. The zero-order valence-electron chi connectivity index (χ0n) is 18.9. The number of carbonyl (C=O) groups is 1. The van der Waals surface area contributed by atoms with E-state index in [1.165, 1.54) is 23.9 Å². The van der Waals surface area contributed by atoms with Crippen LogP contribution >= 0.6 is 12.2 Å². The van der Waals surface area contributed by atoms with Crippen molar-refractivity contribution in [2.75, 3.05) is 7.11 Å². The van der Waals surface area contributed by atoms with Crippen LogP contribution in [0.4, 0.5) is 8.78 Å². The fraction of sp³-hybridized carbons (Fsp3) is 0.120. The highest BCUT2D eigenvalue weighted by Gasteiger charge is 2.11. The van der Waals surface area contributed by atoms with Gasteiger partial charge in [0.15, 0.2) is 5.82 Å². The number of nitrogens with one attached hydrogen (secondary N) is 1. The maximum Gasteiger partial charge on any atom is 0.387 e. The van der Waals surface area contributed by atoms with E-state index in [1.54, 1.807) is 42.6 Å². The third kappa shape index (κ3) is 5.99. The van der Waals surface area contributed by atoms with Gasteiger partial charge in [-0.25, -0.2) is 9.89 Å². The van der Waals surface area contributed by atoms with E-state index in [9.17, 15) is 13.6 Å². The molecular weight excluding hydrogens is 490 g/mol. The second-order valence-electron chi connectivity index (χ2n) is 7.33. The van der Waals surface area contributed by atoms with E-state index < -0.39 is 12.6 Å². The number of aromatic nitrogens is 3. The number of nitrogens with zero attached hydrogens (tertiary/aromatic N) is 3. The van der Waals surface area contributed by atoms with Gasteiger partial charge < -0.3 is 14.2 Å². The van der Waals surface area contributed by atoms with Crippen LogP contribution in [-0.2, 0) is 11.3 Å². The van der Waals surface area contributed by atoms with Gasteiger partial charge in [-0.2, -0.15) is 23.7 Å². The van der Waals surface area contributed by atoms with Crippen molar-refractivity contribution in [3.05, 3.63) is 94.3 Å². The molecule has 0 spiro atoms. The first kappa shape index (κ1) is 24.7. The summed E-state index contributed by atoms with van der Waals surface area (Å²) in [6, 6.07) is 20.2. The molecule has 11 heteroatoms. The predicted molar refractivity (Wildman–Crippen MR) is 131 cm³/mol. The maximum atomic E-state index is 12.4. The van der Waals surface area contributed by atoms with Crippen LogP contribution in [0.2, 0.25) is 0 Å². The van der Waals surface area contributed by atoms with E-state index in [4.69, 9.17) is 21.7 Å². The van der Waals surface area contributed by atoms with Crippen molar-refractivity contribution < 1.29 is 27.8 Å². The van der Waals surface area contributed by atoms with Gasteiger partial charge in [-0.15, -0.1) is 0 Å². The van der Waals surface area contributed by atoms with Gasteiger partial charge in [-0.1, -0.05) is 24.3 Å². The minimum absolute atomic E-state index is 0.0314. The Hall–Kier alpha value is -4.38. The van der Waals surface area contributed by atoms with Crippen molar-refractivity contribution in [3.63, 3.8) is 0 Å². The molecule has 0 saturated heterocycles. The fourth-order valence-corrected chi connectivity index (χ4v) is 3.40. The Morgan fingerprint density at radius 3 is 2.53 bits per heavy atom. The van der Waals surface area contributed by atoms with Gasteiger partial charge in [-0.3, -0.25) is 0 Å². The van der Waals surface area contributed by atoms with Crippen LogP contribution in [0.5, 0.6) is 11.5 Å². The smallest absolute Gasteiger partial charge is 0.387 e. The molecule has 0 unspecified atom stereocenters. The van der Waals surface area contributed by atoms with Crippen molar-refractivity contribution >= 4 is 24.4 Å². The molecule has 0 aliphatic heterocycles. The van der Waals surface area contributed by atoms with E-state index in [0.717, 1.165) is 5.56 Å². The largest absolute Gasteiger partial charge is 0.488 e. The quantitative estimate of drug-likeness (QED) is 0.183. The van der Waals surface area contributed by atoms with Crippen molar-refractivity contribution in [1.82, 2.24) is 14.9 Å². The molecule has 0 atom stereocenters. The summed E-state index contributed by atoms with van der Waals surface area (Å²) in [7, 11) is 1.33. The van der Waals surface area contributed by atoms with Crippen molar-refractivity contribution in [3.8, 4) is 22.9 Å². The average molecular weight is 511 g/mol. The molecule has 1 heterocycles. The molecule has 4 rings (SSSR count). The van der Waals surface area contributed by atoms with Crippen LogP contribution in [0.25, 0.3) is 11.4 Å². The van der Waals surface area contributed by atoms with Crippen LogP contribution in [0.15, 0.2) is 77.9 Å². The molecule has 0 aliphatic carbocycles. The van der Waals surface area contributed by atoms with Gasteiger partial charge in [0.25, 0.3) is 0 Å². The summed E-state index contributed by atoms with van der Waals surface area (Å²) in [6.45, 7) is -2.63. The number of H-pyrrole nitrogens is 1. The zero-order chi connectivity index (χ0) is 25.5. The number of halogens is 2. The van der Waals surface area contributed by atoms with E-state index >= 15 is 0 Å². The number of benzene rings is 3. The molecule has 0 bridgehead atoms. The summed E-state index contributed by atoms with van der Waals surface area (Å²) in [5, 5.41) is 11.3. The Bertz CT molecular complexity index is 1420. The Kier molecular flexibility index (Phi) is 7.81. The normalized spacial score (nSPS) is 11.1. The summed E-state index contributed by atoms with van der Waals surface area (Å²) < 4.78 is 41.5. The van der Waals surface area contributed by atoms with Gasteiger partial charge in [0.1, 0.15) is 18.1 Å². The third-order valence-electron chi connectivity index (χ3n) is 4.99. The van der Waals surface area contributed by atoms with Crippen molar-refractivity contribution in [1.29, 1.82) is 0 Å². The molecule has 0 saturated carbocycles. The summed E-state index contributed by atoms with van der Waals surface area (Å²) in [4.78, 5) is 11.6. The number of carbonyl (C=O) groups excluding carboxylic acids is 1. The van der Waals surface area contributed by atoms with Crippen LogP contribution in [0.3, 0.4) is 0 Å². The number of para-hydroxylation sites is 1. The first-order valence-electron chi connectivity index (χ1n) is 10.6. The SMILES string of the molecule is COC(=O)c1ccc(COc2ccccc2/C=N\n2c(-c3ccc(OC(F)F)cc3)n[nH]c2=S)cc1. The number of rotatable bonds is 9. The van der Waals surface area contributed by atoms with Gasteiger partial charge in [-0.05, 0) is 66.3 Å². The first-order chi connectivity index (χ1) is 17.4. The van der Waals surface area contributed by atoms with Crippen molar-refractivity contribution in [2.45, 2.75) is 13.2 Å². The minimum atomic E-state index is -2.91. The molecule has 184 valence electrons. The second kappa shape index (κ2) is 11.4. The lowest BCUT2D eigenvalue weighted by atomic mass is 10.1. The summed E-state index contributed by atoms with van der Waals surface area (Å²) in [5.74, 6) is 0.606. The molecule has 0 radical (unpaired) electrons. The van der Waals surface area contributed by atoms with Crippen LogP contribution in [0, 0.1) is 4.77 Å². The Labute approximate surface area is 209 Å². The number of hydrogen-bond donors (Lipinski definition) is 1. The van der Waals surface area contributed by atoms with Gasteiger partial charge in [0.05, 0.1) is 18.9 Å². The number of methoxy groups -OCH3 is 1. The number of alkyl halides is 2. The average Bonchev–Trinajstić information content (AvgIpc) is 3.26. The lowest BCUT2D eigenvalue weighted by molar-refractivity contribution is -0.0498. The predicted octanol–water partition coefficient (Wildman–Crippen LogP) is 5.46. The third-order valence-corrected chi connectivity index (χ3v) is 5.25. The zero-order valence-corrected chi connectivity index (χ0v) is 19.7. The molecule has 8 nitrogen and oxygen atoms in total. The Balaban J connectivity index is 1.51. The van der Waals surface area contributed by atoms with Crippen LogP contribution in [0.1, 0.15) is 21.5 Å². The molecule has 0 amide bonds. The highest BCUT2D eigenvalue weighted by Crippen LogP contribution is 2.23. The van der Waals surface area contributed by atoms with Gasteiger partial charge >= 0.3 is 12.6 Å². The Morgan fingerprint density at radius 2 is 1.83 bits per heavy atom. The monoisotopic (exact) mass is 510 g/mol. The standard InChI is InChI=1S/C25H20F2N4O4S/c1-33-23(32)18-8-6-16(7-9-18)15-34-21-5-3-2-4-19(21)14-28-31-22(29-30-25(31)36)17-10-12-20(13-11-17)35-24(26)27/h2-14,24H,15H2,1H3,(H,30,36)/b28-14-. The summed E-state index contributed by atoms with van der Waals surface area (Å²) >= 11 is 5.30. The highest BCUT2D eigenvalue weighted by atomic mass is 32.1. The van der Waals surface area contributed by atoms with E-state index in [1.807, 2.05) is 24.3 Å². The first-order valence-corrected chi connectivity index (χ1v) is 11.0. The van der Waals surface area contributed by atoms with Crippen molar-refractivity contribution in [2.24, 2.45) is 5.10 Å². The molecule has 1 N–H and O–H groups in total. The molecule has 36 heavy (non-hydrogen) atoms.